The van der Waals surface area contributed by atoms with E-state index in [4.69, 9.17) is 9.47 Å². The van der Waals surface area contributed by atoms with E-state index in [1.807, 2.05) is 12.1 Å². The number of benzene rings is 2. The van der Waals surface area contributed by atoms with Gasteiger partial charge in [0.05, 0.1) is 18.4 Å². The van der Waals surface area contributed by atoms with E-state index < -0.39 is 12.1 Å². The average Bonchev–Trinajstić information content (AvgIpc) is 2.54. The number of para-hydroxylation sites is 2. The highest BCUT2D eigenvalue weighted by molar-refractivity contribution is 9.10. The number of rotatable bonds is 3. The van der Waals surface area contributed by atoms with Crippen LogP contribution < -0.4 is 10.1 Å². The molecule has 2 aromatic carbocycles. The number of hydrogen-bond donors (Lipinski definition) is 1. The number of cyclic esters (lactones) is 1. The Morgan fingerprint density at radius 2 is 2.09 bits per heavy atom. The van der Waals surface area contributed by atoms with Gasteiger partial charge in [-0.25, -0.2) is 4.79 Å². The molecule has 0 saturated carbocycles. The summed E-state index contributed by atoms with van der Waals surface area (Å²) in [6, 6.07) is 12.4. The van der Waals surface area contributed by atoms with Crippen molar-refractivity contribution < 1.29 is 19.1 Å². The standard InChI is InChI=1S/C17H14BrNO4/c1-22-14-5-3-2-4-13(14)19-16(20)15-9-10-8-11(18)6-7-12(10)17(21)23-15/h2-8,15H,9H2,1H3,(H,19,20). The molecule has 0 aliphatic carbocycles. The third-order valence-corrected chi connectivity index (χ3v) is 4.09. The molecule has 0 aromatic heterocycles. The predicted molar refractivity (Wildman–Crippen MR) is 88.7 cm³/mol. The quantitative estimate of drug-likeness (QED) is 0.836. The molecule has 0 bridgehead atoms. The van der Waals surface area contributed by atoms with Crippen LogP contribution in [-0.2, 0) is 16.0 Å². The fraction of sp³-hybridized carbons (Fsp3) is 0.176. The van der Waals surface area contributed by atoms with Gasteiger partial charge in [-0.2, -0.15) is 0 Å². The first kappa shape index (κ1) is 15.6. The normalized spacial score (nSPS) is 16.3. The summed E-state index contributed by atoms with van der Waals surface area (Å²) in [5, 5.41) is 2.74. The number of carbonyl (C=O) groups is 2. The van der Waals surface area contributed by atoms with Crippen molar-refractivity contribution in [2.24, 2.45) is 0 Å². The average molecular weight is 376 g/mol. The van der Waals surface area contributed by atoms with E-state index in [1.54, 1.807) is 30.3 Å². The number of hydrogen-bond acceptors (Lipinski definition) is 4. The summed E-state index contributed by atoms with van der Waals surface area (Å²) in [6.07, 6.45) is -0.532. The van der Waals surface area contributed by atoms with Crippen LogP contribution in [0.15, 0.2) is 46.9 Å². The van der Waals surface area contributed by atoms with Gasteiger partial charge in [0.15, 0.2) is 6.10 Å². The number of halogens is 1. The van der Waals surface area contributed by atoms with Gasteiger partial charge in [-0.15, -0.1) is 0 Å². The van der Waals surface area contributed by atoms with E-state index in [9.17, 15) is 9.59 Å². The van der Waals surface area contributed by atoms with Crippen molar-refractivity contribution in [1.29, 1.82) is 0 Å². The van der Waals surface area contributed by atoms with Gasteiger partial charge < -0.3 is 14.8 Å². The maximum absolute atomic E-state index is 12.4. The van der Waals surface area contributed by atoms with Crippen LogP contribution >= 0.6 is 15.9 Å². The molecule has 1 unspecified atom stereocenters. The molecular formula is C17H14BrNO4. The van der Waals surface area contributed by atoms with Crippen LogP contribution in [0.3, 0.4) is 0 Å². The number of esters is 1. The SMILES string of the molecule is COc1ccccc1NC(=O)C1Cc2cc(Br)ccc2C(=O)O1. The monoisotopic (exact) mass is 375 g/mol. The minimum atomic E-state index is -0.866. The van der Waals surface area contributed by atoms with Crippen LogP contribution in [0.4, 0.5) is 5.69 Å². The van der Waals surface area contributed by atoms with Crippen molar-refractivity contribution in [2.75, 3.05) is 12.4 Å². The van der Waals surface area contributed by atoms with Crippen molar-refractivity contribution in [3.05, 3.63) is 58.1 Å². The van der Waals surface area contributed by atoms with Crippen molar-refractivity contribution in [1.82, 2.24) is 0 Å². The summed E-state index contributed by atoms with van der Waals surface area (Å²) >= 11 is 3.37. The van der Waals surface area contributed by atoms with Crippen LogP contribution in [0.25, 0.3) is 0 Å². The van der Waals surface area contributed by atoms with E-state index in [1.165, 1.54) is 7.11 Å². The summed E-state index contributed by atoms with van der Waals surface area (Å²) in [4.78, 5) is 24.5. The van der Waals surface area contributed by atoms with E-state index in [-0.39, 0.29) is 5.91 Å². The predicted octanol–water partition coefficient (Wildman–Crippen LogP) is 3.18. The second-order valence-corrected chi connectivity index (χ2v) is 6.00. The molecule has 1 aliphatic rings. The zero-order valence-electron chi connectivity index (χ0n) is 12.3. The van der Waals surface area contributed by atoms with Crippen molar-refractivity contribution in [2.45, 2.75) is 12.5 Å². The lowest BCUT2D eigenvalue weighted by Crippen LogP contribution is -2.38. The minimum absolute atomic E-state index is 0.335. The third-order valence-electron chi connectivity index (χ3n) is 3.60. The molecule has 118 valence electrons. The lowest BCUT2D eigenvalue weighted by Gasteiger charge is -2.24. The molecule has 0 saturated heterocycles. The second kappa shape index (κ2) is 6.42. The maximum atomic E-state index is 12.4. The Hall–Kier alpha value is -2.34. The van der Waals surface area contributed by atoms with E-state index in [2.05, 4.69) is 21.2 Å². The van der Waals surface area contributed by atoms with E-state index >= 15 is 0 Å². The summed E-state index contributed by atoms with van der Waals surface area (Å²) in [5.41, 5.74) is 1.82. The van der Waals surface area contributed by atoms with Gasteiger partial charge in [-0.3, -0.25) is 4.79 Å². The number of methoxy groups -OCH3 is 1. The van der Waals surface area contributed by atoms with Gasteiger partial charge in [-0.05, 0) is 35.9 Å². The number of ether oxygens (including phenoxy) is 2. The van der Waals surface area contributed by atoms with Crippen LogP contribution in [0.2, 0.25) is 0 Å². The molecule has 1 atom stereocenters. The molecule has 1 heterocycles. The Balaban J connectivity index is 1.80. The molecule has 5 nitrogen and oxygen atoms in total. The molecule has 2 aromatic rings. The third kappa shape index (κ3) is 3.22. The van der Waals surface area contributed by atoms with Crippen LogP contribution in [0, 0.1) is 0 Å². The molecule has 6 heteroatoms. The number of amides is 1. The molecular weight excluding hydrogens is 362 g/mol. The lowest BCUT2D eigenvalue weighted by atomic mass is 9.98. The molecule has 0 radical (unpaired) electrons. The zero-order valence-corrected chi connectivity index (χ0v) is 13.9. The van der Waals surface area contributed by atoms with E-state index in [0.717, 1.165) is 10.0 Å². The largest absolute Gasteiger partial charge is 0.495 e. The highest BCUT2D eigenvalue weighted by atomic mass is 79.9. The fourth-order valence-electron chi connectivity index (χ4n) is 2.47. The highest BCUT2D eigenvalue weighted by Gasteiger charge is 2.31. The number of nitrogens with one attached hydrogen (secondary N) is 1. The Morgan fingerprint density at radius 1 is 1.30 bits per heavy atom. The van der Waals surface area contributed by atoms with Crippen molar-refractivity contribution in [3.8, 4) is 5.75 Å². The smallest absolute Gasteiger partial charge is 0.339 e. The van der Waals surface area contributed by atoms with Gasteiger partial charge in [-0.1, -0.05) is 28.1 Å². The summed E-state index contributed by atoms with van der Waals surface area (Å²) in [6.45, 7) is 0. The molecule has 23 heavy (non-hydrogen) atoms. The summed E-state index contributed by atoms with van der Waals surface area (Å²) < 4.78 is 11.3. The van der Waals surface area contributed by atoms with Crippen molar-refractivity contribution >= 4 is 33.5 Å². The highest BCUT2D eigenvalue weighted by Crippen LogP contribution is 2.27. The maximum Gasteiger partial charge on any atom is 0.339 e. The van der Waals surface area contributed by atoms with Gasteiger partial charge in [0.2, 0.25) is 0 Å². The molecule has 1 N–H and O–H groups in total. The van der Waals surface area contributed by atoms with Crippen LogP contribution in [0.1, 0.15) is 15.9 Å². The van der Waals surface area contributed by atoms with Gasteiger partial charge in [0, 0.05) is 10.9 Å². The van der Waals surface area contributed by atoms with Gasteiger partial charge in [0.1, 0.15) is 5.75 Å². The summed E-state index contributed by atoms with van der Waals surface area (Å²) in [5.74, 6) is -0.321. The Morgan fingerprint density at radius 3 is 2.87 bits per heavy atom. The molecule has 1 aliphatic heterocycles. The van der Waals surface area contributed by atoms with Crippen LogP contribution in [0.5, 0.6) is 5.75 Å². The first-order valence-electron chi connectivity index (χ1n) is 7.02. The molecule has 0 spiro atoms. The zero-order chi connectivity index (χ0) is 16.4. The Kier molecular flexibility index (Phi) is 4.34. The Bertz CT molecular complexity index is 775. The van der Waals surface area contributed by atoms with Crippen molar-refractivity contribution in [3.63, 3.8) is 0 Å². The topological polar surface area (TPSA) is 64.6 Å². The number of anilines is 1. The first-order chi connectivity index (χ1) is 11.1. The fourth-order valence-corrected chi connectivity index (χ4v) is 2.88. The number of carbonyl (C=O) groups excluding carboxylic acids is 2. The molecule has 0 fully saturated rings. The Labute approximate surface area is 141 Å². The lowest BCUT2D eigenvalue weighted by molar-refractivity contribution is -0.125. The van der Waals surface area contributed by atoms with Gasteiger partial charge >= 0.3 is 5.97 Å². The first-order valence-corrected chi connectivity index (χ1v) is 7.81. The minimum Gasteiger partial charge on any atom is -0.495 e. The number of fused-ring (bicyclic) bond motifs is 1. The molecule has 3 rings (SSSR count). The molecule has 1 amide bonds. The van der Waals surface area contributed by atoms with Crippen LogP contribution in [-0.4, -0.2) is 25.1 Å². The van der Waals surface area contributed by atoms with Gasteiger partial charge in [0.25, 0.3) is 5.91 Å². The second-order valence-electron chi connectivity index (χ2n) is 5.09. The van der Waals surface area contributed by atoms with E-state index in [0.29, 0.717) is 23.4 Å². The summed E-state index contributed by atoms with van der Waals surface area (Å²) in [7, 11) is 1.53.